The van der Waals surface area contributed by atoms with E-state index in [4.69, 9.17) is 37.6 Å². The highest BCUT2D eigenvalue weighted by atomic mass is 32.2. The molecule has 6 aromatic carbocycles. The fourth-order valence-electron chi connectivity index (χ4n) is 13.6. The molecule has 6 aromatic heterocycles. The molecule has 0 saturated carbocycles. The quantitative estimate of drug-likeness (QED) is 0.0110. The lowest BCUT2D eigenvalue weighted by atomic mass is 10.0. The van der Waals surface area contributed by atoms with Gasteiger partial charge in [-0.25, -0.2) is 46.2 Å². The van der Waals surface area contributed by atoms with Crippen LogP contribution in [0.1, 0.15) is 121 Å². The van der Waals surface area contributed by atoms with E-state index in [-0.39, 0.29) is 96.8 Å². The number of aromatic nitrogens is 12. The van der Waals surface area contributed by atoms with Crippen molar-refractivity contribution in [2.45, 2.75) is 151 Å². The lowest BCUT2D eigenvalue weighted by Gasteiger charge is -2.23. The van der Waals surface area contributed by atoms with Gasteiger partial charge in [0.05, 0.1) is 111 Å². The van der Waals surface area contributed by atoms with Crippen LogP contribution in [-0.4, -0.2) is 164 Å². The Labute approximate surface area is 762 Å². The number of aromatic amines is 3. The van der Waals surface area contributed by atoms with Gasteiger partial charge in [-0.1, -0.05) is 52.2 Å². The number of ether oxygens (including phenoxy) is 3. The summed E-state index contributed by atoms with van der Waals surface area (Å²) in [7, 11) is -3.97. The van der Waals surface area contributed by atoms with Gasteiger partial charge >= 0.3 is 18.5 Å². The number of H-pyrrole nitrogens is 3. The zero-order chi connectivity index (χ0) is 98.9. The number of alkyl halides is 9. The van der Waals surface area contributed by atoms with Crippen molar-refractivity contribution in [1.82, 2.24) is 64.0 Å². The first-order valence-electron chi connectivity index (χ1n) is 40.8. The first-order chi connectivity index (χ1) is 62.8. The van der Waals surface area contributed by atoms with Gasteiger partial charge in [0, 0.05) is 55.4 Å². The highest BCUT2D eigenvalue weighted by Gasteiger charge is 2.42. The molecule has 35 nitrogen and oxygen atoms in total. The topological polar surface area (TPSA) is 479 Å². The number of aryl methyl sites for hydroxylation is 6. The molecule has 0 unspecified atom stereocenters. The van der Waals surface area contributed by atoms with E-state index < -0.39 is 136 Å². The summed E-state index contributed by atoms with van der Waals surface area (Å²) in [6, 6.07) is 21.7. The van der Waals surface area contributed by atoms with Crippen molar-refractivity contribution in [2.75, 3.05) is 53.8 Å². The minimum absolute atomic E-state index is 0.00573. The van der Waals surface area contributed by atoms with Crippen LogP contribution in [0.15, 0.2) is 138 Å². The number of nitriles is 1. The number of carbonyl (C=O) groups is 3. The minimum Gasteiger partial charge on any atom is -0.493 e. The van der Waals surface area contributed by atoms with Crippen LogP contribution in [-0.2, 0) is 93.2 Å². The molecule has 0 aliphatic rings. The van der Waals surface area contributed by atoms with Crippen LogP contribution in [0.3, 0.4) is 0 Å². The van der Waals surface area contributed by atoms with Crippen molar-refractivity contribution >= 4 is 111 Å². The Morgan fingerprint density at radius 1 is 0.493 bits per heavy atom. The number of hydrogen-bond acceptors (Lipinski definition) is 24. The van der Waals surface area contributed by atoms with Crippen LogP contribution in [0.5, 0.6) is 17.2 Å². The first kappa shape index (κ1) is 102. The Hall–Kier alpha value is -13.9. The molecule has 134 heavy (non-hydrogen) atoms. The Morgan fingerprint density at radius 2 is 0.843 bits per heavy atom. The number of fused-ring (bicyclic) bond motifs is 3. The fourth-order valence-corrected chi connectivity index (χ4v) is 17.3. The molecule has 0 aliphatic carbocycles. The van der Waals surface area contributed by atoms with E-state index in [0.29, 0.717) is 99.4 Å². The molecule has 10 N–H and O–H groups in total. The normalized spacial score (nSPS) is 13.2. The van der Waals surface area contributed by atoms with E-state index >= 15 is 0 Å². The lowest BCUT2D eigenvalue weighted by molar-refractivity contribution is -0.138. The second kappa shape index (κ2) is 41.1. The van der Waals surface area contributed by atoms with E-state index in [1.165, 1.54) is 69.5 Å². The number of nitrogens with zero attached hydrogens (tertiary/aromatic N) is 12. The number of aliphatic hydroxyl groups is 3. The number of rotatable bonds is 31. The predicted octanol–water partition coefficient (Wildman–Crippen LogP) is 13.4. The van der Waals surface area contributed by atoms with Crippen molar-refractivity contribution in [3.63, 3.8) is 0 Å². The molecule has 0 spiro atoms. The molecule has 0 bridgehead atoms. The van der Waals surface area contributed by atoms with Gasteiger partial charge in [0.1, 0.15) is 56.9 Å². The summed E-state index contributed by atoms with van der Waals surface area (Å²) in [5.74, 6) is -3.57. The number of nitrogens with one attached hydrogen (secondary N) is 7. The van der Waals surface area contributed by atoms with Crippen molar-refractivity contribution in [1.29, 1.82) is 5.26 Å². The van der Waals surface area contributed by atoms with Crippen molar-refractivity contribution in [3.05, 3.63) is 202 Å². The SMILES string of the molecule is CCCc1nn(C)c2c(=O)[nH]c(-c3cc(S(=O)(=O)NC[C@@](C)(O)C(=O)Nc4ccc(C#N)c(C(F)(F)F)c4)ccc3OCC)nc12.[C-]#[N+]c1ccc(NC(=O)[C@@](C)(O)CS(=O)(=O)c2ccc(OCC)c(-c3nc4c(CCC)nn(C)c4c(=O)[nH]3)c2)cc1C(F)(F)F.[C-]#[N+]c1ccc(NC(=O)[C@@](C)(O)CSc2ccc(OCC)c(-c3nc4c(CCC)nn(C)c4c(=O)[nH]3)c2)cc1C(F)(F)F. The van der Waals surface area contributed by atoms with Gasteiger partial charge < -0.3 is 60.4 Å². The molecule has 12 rings (SSSR count). The van der Waals surface area contributed by atoms with Crippen LogP contribution in [0.4, 0.5) is 68.0 Å². The standard InChI is InChI=1S/C29H30F3N7O6S.C29H29F3N6O6S.C29H29F3N6O4S/c1-5-7-21-23-24(39(4)38-21)26(40)37-25(36-23)19-13-18(10-11-22(19)45-6-2)46(43,44)34-15-28(3,42)27(41)35-17-9-8-16(14-33)20(12-17)29(30,31)32;1-6-8-21-23-24(38(5)37-21)26(39)36-25(35-23)18-14-17(10-12-22(18)44-7-2)45(42,43)15-28(3,41)27(40)34-16-9-11-20(33-4)19(13-16)29(30,31)32;1-6-8-21-23-24(38(5)37-21)26(39)36-25(35-23)18-14-17(10-12-22(18)42-7-2)43-15-28(3,41)27(40)34-16-9-11-20(33-4)19(13-16)29(30,31)32/h8-13,34,42H,5-7,15H2,1-4H3,(H,35,41)(H,36,37,40);9-14,41H,6-8,15H2,1-3,5H3,(H,34,40)(H,35,36,39);9-14,41H,6-8,15H2,1-3,5H3,(H,34,40)(H,35,36,39)/t3*28-/m100/s1. The van der Waals surface area contributed by atoms with Crippen LogP contribution in [0.25, 0.3) is 77.0 Å². The summed E-state index contributed by atoms with van der Waals surface area (Å²) < 4.78 is 197. The maximum Gasteiger partial charge on any atom is 0.417 e. The number of halogens is 9. The zero-order valence-electron chi connectivity index (χ0n) is 73.5. The van der Waals surface area contributed by atoms with Crippen molar-refractivity contribution < 1.29 is 100 Å². The molecule has 0 radical (unpaired) electrons. The van der Waals surface area contributed by atoms with Crippen molar-refractivity contribution in [3.8, 4) is 57.5 Å². The van der Waals surface area contributed by atoms with E-state index in [0.717, 1.165) is 75.2 Å². The third-order valence-corrected chi connectivity index (χ3v) is 24.7. The highest BCUT2D eigenvalue weighted by molar-refractivity contribution is 7.99. The maximum atomic E-state index is 13.5. The van der Waals surface area contributed by atoms with E-state index in [9.17, 15) is 100 Å². The average molecular weight is 1920 g/mol. The van der Waals surface area contributed by atoms with Crippen LogP contribution < -0.4 is 51.6 Å². The molecule has 708 valence electrons. The molecule has 0 saturated heterocycles. The number of sulfone groups is 1. The lowest BCUT2D eigenvalue weighted by Crippen LogP contribution is -2.49. The van der Waals surface area contributed by atoms with Gasteiger partial charge in [0.15, 0.2) is 49.0 Å². The third kappa shape index (κ3) is 23.4. The van der Waals surface area contributed by atoms with Crippen molar-refractivity contribution in [2.24, 2.45) is 21.1 Å². The van der Waals surface area contributed by atoms with Gasteiger partial charge in [-0.3, -0.25) is 42.8 Å². The Balaban J connectivity index is 0.000000208. The molecule has 3 atom stereocenters. The van der Waals surface area contributed by atoms with Gasteiger partial charge in [0.25, 0.3) is 34.4 Å². The average Bonchev–Trinajstić information content (AvgIpc) is 1.55. The third-order valence-electron chi connectivity index (χ3n) is 20.1. The largest absolute Gasteiger partial charge is 0.493 e. The highest BCUT2D eigenvalue weighted by Crippen LogP contribution is 2.43. The second-order valence-corrected chi connectivity index (χ2v) is 35.5. The van der Waals surface area contributed by atoms with E-state index in [1.54, 1.807) is 53.2 Å². The predicted molar refractivity (Wildman–Crippen MR) is 476 cm³/mol. The molecule has 12 aromatic rings. The first-order valence-corrected chi connectivity index (χ1v) is 44.9. The summed E-state index contributed by atoms with van der Waals surface area (Å²) in [6.07, 6.45) is -10.6. The maximum absolute atomic E-state index is 13.5. The molecule has 3 amide bonds. The molecular formula is C87H88F9N19O16S3. The minimum atomic E-state index is -4.89. The van der Waals surface area contributed by atoms with Gasteiger partial charge in [-0.05, 0) is 158 Å². The Morgan fingerprint density at radius 3 is 1.22 bits per heavy atom. The summed E-state index contributed by atoms with van der Waals surface area (Å²) >= 11 is 1.12. The number of carbonyl (C=O) groups excluding carboxylic acids is 3. The zero-order valence-corrected chi connectivity index (χ0v) is 76.0. The van der Waals surface area contributed by atoms with Gasteiger partial charge in [0.2, 0.25) is 10.0 Å². The molecule has 6 heterocycles. The number of sulfonamides is 1. The summed E-state index contributed by atoms with van der Waals surface area (Å²) in [5.41, 5.74) is -10.5. The molecule has 47 heteroatoms. The van der Waals surface area contributed by atoms with Crippen LogP contribution in [0.2, 0.25) is 0 Å². The summed E-state index contributed by atoms with van der Waals surface area (Å²) in [4.78, 5) is 105. The second-order valence-electron chi connectivity index (χ2n) is 30.7. The number of thioether (sulfide) groups is 1. The molecule has 0 aliphatic heterocycles. The summed E-state index contributed by atoms with van der Waals surface area (Å²) in [5, 5.41) is 61.2. The monoisotopic (exact) mass is 1920 g/mol. The van der Waals surface area contributed by atoms with Gasteiger partial charge in [-0.2, -0.15) is 60.1 Å². The number of benzene rings is 6. The number of amides is 3. The smallest absolute Gasteiger partial charge is 0.417 e. The van der Waals surface area contributed by atoms with Crippen LogP contribution in [0, 0.1) is 24.5 Å². The summed E-state index contributed by atoms with van der Waals surface area (Å²) in [6.45, 7) is 28.0. The Kier molecular flexibility index (Phi) is 31.3. The Bertz CT molecular complexity index is 7110. The van der Waals surface area contributed by atoms with E-state index in [2.05, 4.69) is 70.6 Å². The van der Waals surface area contributed by atoms with Crippen LogP contribution >= 0.6 is 11.8 Å². The number of hydrogen-bond donors (Lipinski definition) is 10. The van der Waals surface area contributed by atoms with Gasteiger partial charge in [-0.15, -0.1) is 11.8 Å². The number of anilines is 3. The molecular weight excluding hydrogens is 1830 g/mol. The van der Waals surface area contributed by atoms with E-state index in [1.807, 2.05) is 27.7 Å². The fraction of sp³-hybridized carbons (Fsp3) is 0.345. The molecule has 0 fully saturated rings.